The summed E-state index contributed by atoms with van der Waals surface area (Å²) in [6.45, 7) is 0. The monoisotopic (exact) mass is 185 g/mol. The van der Waals surface area contributed by atoms with Crippen molar-refractivity contribution in [3.8, 4) is 0 Å². The third-order valence-corrected chi connectivity index (χ3v) is 2.70. The second-order valence-electron chi connectivity index (χ2n) is 3.28. The number of hydrogen-bond acceptors (Lipinski definition) is 2. The molecule has 0 bridgehead atoms. The Labute approximate surface area is 76.5 Å². The van der Waals surface area contributed by atoms with Crippen LogP contribution in [0.3, 0.4) is 0 Å². The van der Waals surface area contributed by atoms with E-state index in [2.05, 4.69) is 5.10 Å². The molecule has 2 N–H and O–H groups in total. The molecule has 2 rings (SSSR count). The van der Waals surface area contributed by atoms with E-state index in [4.69, 9.17) is 17.3 Å². The van der Waals surface area contributed by atoms with Gasteiger partial charge in [0.25, 0.3) is 0 Å². The van der Waals surface area contributed by atoms with Crippen LogP contribution < -0.4 is 5.73 Å². The minimum Gasteiger partial charge on any atom is -0.381 e. The molecule has 1 saturated carbocycles. The summed E-state index contributed by atoms with van der Waals surface area (Å²) < 4.78 is 1.91. The van der Waals surface area contributed by atoms with Crippen LogP contribution in [0.5, 0.6) is 0 Å². The van der Waals surface area contributed by atoms with Gasteiger partial charge in [0.1, 0.15) is 5.02 Å². The van der Waals surface area contributed by atoms with Gasteiger partial charge < -0.3 is 5.73 Å². The normalized spacial score (nSPS) is 18.8. The first kappa shape index (κ1) is 7.92. The Morgan fingerprint density at radius 1 is 1.50 bits per heavy atom. The first-order valence-electron chi connectivity index (χ1n) is 4.27. The van der Waals surface area contributed by atoms with Gasteiger partial charge >= 0.3 is 0 Å². The quantitative estimate of drug-likeness (QED) is 0.729. The van der Waals surface area contributed by atoms with E-state index < -0.39 is 0 Å². The summed E-state index contributed by atoms with van der Waals surface area (Å²) in [5.74, 6) is 0.448. The fourth-order valence-corrected chi connectivity index (χ4v) is 1.88. The van der Waals surface area contributed by atoms with Gasteiger partial charge in [-0.2, -0.15) is 5.10 Å². The zero-order valence-corrected chi connectivity index (χ0v) is 7.59. The minimum absolute atomic E-state index is 0.448. The summed E-state index contributed by atoms with van der Waals surface area (Å²) in [5.41, 5.74) is 5.54. The van der Waals surface area contributed by atoms with Crippen LogP contribution >= 0.6 is 11.6 Å². The lowest BCUT2D eigenvalue weighted by Crippen LogP contribution is -2.05. The molecule has 4 heteroatoms. The standard InChI is InChI=1S/C8H12ClN3/c9-7-5-12(11-8(7)10)6-3-1-2-4-6/h5-6H,1-4H2,(H2,10,11). The van der Waals surface area contributed by atoms with E-state index in [1.54, 1.807) is 0 Å². The Bertz CT molecular complexity index is 256. The molecule has 1 fully saturated rings. The topological polar surface area (TPSA) is 43.8 Å². The Kier molecular flexibility index (Phi) is 1.97. The van der Waals surface area contributed by atoms with Gasteiger partial charge in [-0.1, -0.05) is 24.4 Å². The first-order valence-corrected chi connectivity index (χ1v) is 4.65. The molecule has 0 saturated heterocycles. The molecule has 0 radical (unpaired) electrons. The molecule has 0 aromatic carbocycles. The molecular weight excluding hydrogens is 174 g/mol. The molecule has 66 valence electrons. The van der Waals surface area contributed by atoms with Crippen molar-refractivity contribution < 1.29 is 0 Å². The second-order valence-corrected chi connectivity index (χ2v) is 3.69. The van der Waals surface area contributed by atoms with Crippen LogP contribution in [-0.2, 0) is 0 Å². The average Bonchev–Trinajstić information content (AvgIpc) is 2.61. The number of hydrogen-bond donors (Lipinski definition) is 1. The fourth-order valence-electron chi connectivity index (χ4n) is 1.74. The lowest BCUT2D eigenvalue weighted by atomic mass is 10.3. The van der Waals surface area contributed by atoms with Crippen LogP contribution in [-0.4, -0.2) is 9.78 Å². The Morgan fingerprint density at radius 2 is 2.17 bits per heavy atom. The summed E-state index contributed by atoms with van der Waals surface area (Å²) in [6.07, 6.45) is 6.83. The maximum Gasteiger partial charge on any atom is 0.164 e. The molecule has 1 aromatic heterocycles. The van der Waals surface area contributed by atoms with E-state index in [9.17, 15) is 0 Å². The highest BCUT2D eigenvalue weighted by molar-refractivity contribution is 6.32. The van der Waals surface area contributed by atoms with Crippen molar-refractivity contribution in [2.45, 2.75) is 31.7 Å². The van der Waals surface area contributed by atoms with Crippen molar-refractivity contribution in [1.82, 2.24) is 9.78 Å². The highest BCUT2D eigenvalue weighted by Crippen LogP contribution is 2.30. The highest BCUT2D eigenvalue weighted by atomic mass is 35.5. The van der Waals surface area contributed by atoms with Crippen LogP contribution in [0.1, 0.15) is 31.7 Å². The maximum atomic E-state index is 5.80. The number of aromatic nitrogens is 2. The van der Waals surface area contributed by atoms with Gasteiger partial charge in [-0.3, -0.25) is 4.68 Å². The average molecular weight is 186 g/mol. The van der Waals surface area contributed by atoms with Gasteiger partial charge in [0.2, 0.25) is 0 Å². The lowest BCUT2D eigenvalue weighted by molar-refractivity contribution is 0.468. The summed E-state index contributed by atoms with van der Waals surface area (Å²) in [6, 6.07) is 0.528. The summed E-state index contributed by atoms with van der Waals surface area (Å²) in [5, 5.41) is 4.73. The zero-order valence-electron chi connectivity index (χ0n) is 6.83. The molecule has 0 unspecified atom stereocenters. The van der Waals surface area contributed by atoms with E-state index in [1.165, 1.54) is 25.7 Å². The number of rotatable bonds is 1. The summed E-state index contributed by atoms with van der Waals surface area (Å²) >= 11 is 5.80. The lowest BCUT2D eigenvalue weighted by Gasteiger charge is -2.07. The first-order chi connectivity index (χ1) is 5.77. The van der Waals surface area contributed by atoms with Gasteiger partial charge in [0.05, 0.1) is 6.04 Å². The van der Waals surface area contributed by atoms with Crippen LogP contribution in [0.25, 0.3) is 0 Å². The van der Waals surface area contributed by atoms with Gasteiger partial charge in [0, 0.05) is 6.20 Å². The highest BCUT2D eigenvalue weighted by Gasteiger charge is 2.18. The van der Waals surface area contributed by atoms with Crippen LogP contribution in [0.4, 0.5) is 5.82 Å². The van der Waals surface area contributed by atoms with Crippen LogP contribution in [0, 0.1) is 0 Å². The van der Waals surface area contributed by atoms with E-state index in [0.717, 1.165) is 0 Å². The molecule has 1 aliphatic carbocycles. The number of anilines is 1. The van der Waals surface area contributed by atoms with E-state index in [-0.39, 0.29) is 0 Å². The third-order valence-electron chi connectivity index (χ3n) is 2.41. The minimum atomic E-state index is 0.448. The maximum absolute atomic E-state index is 5.80. The SMILES string of the molecule is Nc1nn(C2CCCC2)cc1Cl. The van der Waals surface area contributed by atoms with Crippen LogP contribution in [0.15, 0.2) is 6.20 Å². The van der Waals surface area contributed by atoms with Crippen molar-refractivity contribution in [1.29, 1.82) is 0 Å². The number of nitrogens with zero attached hydrogens (tertiary/aromatic N) is 2. The molecule has 1 heterocycles. The van der Waals surface area contributed by atoms with E-state index >= 15 is 0 Å². The predicted octanol–water partition coefficient (Wildman–Crippen LogP) is 2.23. The number of nitrogen functional groups attached to an aromatic ring is 1. The Hall–Kier alpha value is -0.700. The van der Waals surface area contributed by atoms with Gasteiger partial charge in [-0.25, -0.2) is 0 Å². The Balaban J connectivity index is 2.21. The molecule has 3 nitrogen and oxygen atoms in total. The largest absolute Gasteiger partial charge is 0.381 e. The third kappa shape index (κ3) is 1.29. The number of halogens is 1. The summed E-state index contributed by atoms with van der Waals surface area (Å²) in [7, 11) is 0. The molecule has 0 atom stereocenters. The van der Waals surface area contributed by atoms with Crippen molar-refractivity contribution in [2.75, 3.05) is 5.73 Å². The second kappa shape index (κ2) is 2.98. The van der Waals surface area contributed by atoms with Crippen molar-refractivity contribution in [3.05, 3.63) is 11.2 Å². The smallest absolute Gasteiger partial charge is 0.164 e. The molecule has 0 spiro atoms. The zero-order chi connectivity index (χ0) is 8.55. The fraction of sp³-hybridized carbons (Fsp3) is 0.625. The molecule has 1 aliphatic rings. The van der Waals surface area contributed by atoms with Crippen molar-refractivity contribution in [2.24, 2.45) is 0 Å². The van der Waals surface area contributed by atoms with E-state index in [1.807, 2.05) is 10.9 Å². The van der Waals surface area contributed by atoms with Gasteiger partial charge in [0.15, 0.2) is 5.82 Å². The van der Waals surface area contributed by atoms with Crippen molar-refractivity contribution in [3.63, 3.8) is 0 Å². The van der Waals surface area contributed by atoms with Gasteiger partial charge in [-0.05, 0) is 12.8 Å². The van der Waals surface area contributed by atoms with Crippen LogP contribution in [0.2, 0.25) is 5.02 Å². The molecule has 0 aliphatic heterocycles. The molecular formula is C8H12ClN3. The predicted molar refractivity (Wildman–Crippen MR) is 49.2 cm³/mol. The van der Waals surface area contributed by atoms with Gasteiger partial charge in [-0.15, -0.1) is 0 Å². The van der Waals surface area contributed by atoms with Crippen molar-refractivity contribution >= 4 is 17.4 Å². The molecule has 0 amide bonds. The number of nitrogens with two attached hydrogens (primary N) is 1. The Morgan fingerprint density at radius 3 is 2.67 bits per heavy atom. The van der Waals surface area contributed by atoms with E-state index in [0.29, 0.717) is 16.9 Å². The molecule has 1 aromatic rings. The molecule has 12 heavy (non-hydrogen) atoms. The summed E-state index contributed by atoms with van der Waals surface area (Å²) in [4.78, 5) is 0.